The van der Waals surface area contributed by atoms with E-state index in [0.717, 1.165) is 40.5 Å². The number of sulfonamides is 1. The van der Waals surface area contributed by atoms with Gasteiger partial charge in [0.1, 0.15) is 12.3 Å². The molecule has 0 amide bonds. The highest BCUT2D eigenvalue weighted by molar-refractivity contribution is 7.89. The molecule has 0 saturated carbocycles. The van der Waals surface area contributed by atoms with Gasteiger partial charge in [-0.25, -0.2) is 12.7 Å². The van der Waals surface area contributed by atoms with Crippen LogP contribution in [0, 0.1) is 11.8 Å². The Labute approximate surface area is 255 Å². The van der Waals surface area contributed by atoms with Crippen LogP contribution < -0.4 is 15.4 Å². The fourth-order valence-electron chi connectivity index (χ4n) is 5.16. The number of benzene rings is 2. The third-order valence-corrected chi connectivity index (χ3v) is 9.26. The van der Waals surface area contributed by atoms with E-state index in [1.165, 1.54) is 33.3 Å². The molecule has 1 fully saturated rings. The molecule has 1 aromatic heterocycles. The van der Waals surface area contributed by atoms with Crippen LogP contribution in [0.15, 0.2) is 47.4 Å². The molecular weight excluding hydrogens is 599 g/mol. The lowest BCUT2D eigenvalue weighted by molar-refractivity contribution is -0.140. The van der Waals surface area contributed by atoms with E-state index in [-0.39, 0.29) is 35.5 Å². The van der Waals surface area contributed by atoms with E-state index in [0.29, 0.717) is 23.1 Å². The summed E-state index contributed by atoms with van der Waals surface area (Å²) in [6.45, 7) is 0.426. The quantitative estimate of drug-likeness (QED) is 0.237. The summed E-state index contributed by atoms with van der Waals surface area (Å²) in [6.07, 6.45) is -3.69. The van der Waals surface area contributed by atoms with E-state index in [1.54, 1.807) is 24.3 Å². The molecule has 240 valence electrons. The molecule has 0 aliphatic carbocycles. The number of hydrogen-bond donors (Lipinski definition) is 4. The number of β-amino-alcohol motifs (C(OH)–C–C–N with tert-alkyl or cyclic N) is 1. The van der Waals surface area contributed by atoms with Gasteiger partial charge in [0.15, 0.2) is 0 Å². The highest BCUT2D eigenvalue weighted by Gasteiger charge is 2.30. The van der Waals surface area contributed by atoms with Gasteiger partial charge < -0.3 is 35.1 Å². The van der Waals surface area contributed by atoms with Gasteiger partial charge in [0.05, 0.1) is 48.2 Å². The third-order valence-electron chi connectivity index (χ3n) is 7.45. The number of aliphatic hydroxyl groups excluding tert-OH is 2. The number of aromatic nitrogens is 1. The standard InChI is InChI=1S/C30H38F3N5O5S/c1-36(2)44(41,42)24-9-10-27(29(17-24)43-3)34-13-5-6-22-16-25-26(7-4-8-28(25)38(22)20-30(31,32)33)35-21-11-14-37(15-12-21)18-23(40)19-39/h4,7-10,16-17,21,23,34-35,39-40H,11-15,18-20H2,1-3H3. The Morgan fingerprint density at radius 3 is 2.50 bits per heavy atom. The smallest absolute Gasteiger partial charge is 0.406 e. The molecule has 44 heavy (non-hydrogen) atoms. The first-order chi connectivity index (χ1) is 20.8. The molecular formula is C30H38F3N5O5S. The lowest BCUT2D eigenvalue weighted by Gasteiger charge is -2.33. The fourth-order valence-corrected chi connectivity index (χ4v) is 6.08. The van der Waals surface area contributed by atoms with Crippen LogP contribution in [-0.4, -0.2) is 105 Å². The van der Waals surface area contributed by atoms with E-state index in [1.807, 2.05) is 6.07 Å². The minimum absolute atomic E-state index is 0.0584. The number of alkyl halides is 3. The minimum Gasteiger partial charge on any atom is -0.495 e. The van der Waals surface area contributed by atoms with Crippen LogP contribution >= 0.6 is 0 Å². The number of hydrogen-bond acceptors (Lipinski definition) is 8. The molecule has 0 spiro atoms. The summed E-state index contributed by atoms with van der Waals surface area (Å²) in [7, 11) is 0.602. The van der Waals surface area contributed by atoms with Gasteiger partial charge in [-0.05, 0) is 49.1 Å². The van der Waals surface area contributed by atoms with E-state index < -0.39 is 28.8 Å². The number of fused-ring (bicyclic) bond motifs is 1. The Balaban J connectivity index is 1.53. The average molecular weight is 638 g/mol. The van der Waals surface area contributed by atoms with E-state index in [2.05, 4.69) is 27.4 Å². The van der Waals surface area contributed by atoms with E-state index in [9.17, 15) is 26.7 Å². The molecule has 2 aromatic carbocycles. The van der Waals surface area contributed by atoms with Crippen molar-refractivity contribution in [2.24, 2.45) is 0 Å². The van der Waals surface area contributed by atoms with Crippen molar-refractivity contribution in [1.82, 2.24) is 13.8 Å². The highest BCUT2D eigenvalue weighted by Crippen LogP contribution is 2.32. The highest BCUT2D eigenvalue weighted by atomic mass is 32.2. The summed E-state index contributed by atoms with van der Waals surface area (Å²) in [6, 6.07) is 11.3. The summed E-state index contributed by atoms with van der Waals surface area (Å²) in [5.41, 5.74) is 1.82. The Bertz CT molecular complexity index is 1610. The molecule has 1 aliphatic heterocycles. The lowest BCUT2D eigenvalue weighted by atomic mass is 10.0. The zero-order valence-electron chi connectivity index (χ0n) is 24.9. The maximum absolute atomic E-state index is 13.6. The maximum Gasteiger partial charge on any atom is 0.406 e. The molecule has 1 saturated heterocycles. The van der Waals surface area contributed by atoms with Crippen LogP contribution in [0.25, 0.3) is 10.9 Å². The second kappa shape index (κ2) is 14.1. The topological polar surface area (TPSA) is 119 Å². The molecule has 10 nitrogen and oxygen atoms in total. The van der Waals surface area contributed by atoms with Crippen molar-refractivity contribution < 1.29 is 36.5 Å². The van der Waals surface area contributed by atoms with Gasteiger partial charge in [-0.15, -0.1) is 0 Å². The molecule has 3 aromatic rings. The SMILES string of the molecule is COc1cc(S(=O)(=O)N(C)C)ccc1NCC#Cc1cc2c(NC3CCN(CC(O)CO)CC3)cccc2n1CC(F)(F)F. The molecule has 1 unspecified atom stereocenters. The van der Waals surface area contributed by atoms with Crippen molar-refractivity contribution in [3.8, 4) is 17.6 Å². The van der Waals surface area contributed by atoms with E-state index in [4.69, 9.17) is 9.84 Å². The minimum atomic E-state index is -4.46. The first-order valence-corrected chi connectivity index (χ1v) is 15.6. The number of piperidine rings is 1. The molecule has 1 aliphatic rings. The van der Waals surface area contributed by atoms with Crippen molar-refractivity contribution >= 4 is 32.3 Å². The van der Waals surface area contributed by atoms with Gasteiger partial charge in [-0.2, -0.15) is 13.2 Å². The summed E-state index contributed by atoms with van der Waals surface area (Å²) in [5.74, 6) is 6.04. The summed E-state index contributed by atoms with van der Waals surface area (Å²) < 4.78 is 73.3. The van der Waals surface area contributed by atoms with E-state index >= 15 is 0 Å². The summed E-state index contributed by atoms with van der Waals surface area (Å²) >= 11 is 0. The maximum atomic E-state index is 13.6. The predicted molar refractivity (Wildman–Crippen MR) is 163 cm³/mol. The van der Waals surface area contributed by atoms with Crippen LogP contribution in [0.1, 0.15) is 18.5 Å². The number of nitrogens with zero attached hydrogens (tertiary/aromatic N) is 3. The normalized spacial score (nSPS) is 15.7. The zero-order chi connectivity index (χ0) is 32.1. The van der Waals surface area contributed by atoms with Crippen LogP contribution in [0.3, 0.4) is 0 Å². The number of rotatable bonds is 11. The number of ether oxygens (including phenoxy) is 1. The number of aliphatic hydroxyl groups is 2. The van der Waals surface area contributed by atoms with Crippen LogP contribution in [0.5, 0.6) is 5.75 Å². The van der Waals surface area contributed by atoms with Crippen LogP contribution in [0.4, 0.5) is 24.5 Å². The van der Waals surface area contributed by atoms with Crippen molar-refractivity contribution in [1.29, 1.82) is 0 Å². The molecule has 4 N–H and O–H groups in total. The predicted octanol–water partition coefficient (Wildman–Crippen LogP) is 3.16. The number of nitrogens with one attached hydrogen (secondary N) is 2. The fraction of sp³-hybridized carbons (Fsp3) is 0.467. The van der Waals surface area contributed by atoms with Crippen molar-refractivity contribution in [2.45, 2.75) is 42.6 Å². The van der Waals surface area contributed by atoms with Crippen molar-refractivity contribution in [3.63, 3.8) is 0 Å². The molecule has 0 radical (unpaired) electrons. The second-order valence-corrected chi connectivity index (χ2v) is 13.0. The van der Waals surface area contributed by atoms with Crippen molar-refractivity contribution in [2.75, 3.05) is 64.6 Å². The van der Waals surface area contributed by atoms with Crippen LogP contribution in [0.2, 0.25) is 0 Å². The molecule has 1 atom stereocenters. The molecule has 2 heterocycles. The summed E-state index contributed by atoms with van der Waals surface area (Å²) in [5, 5.41) is 26.0. The number of halogens is 3. The van der Waals surface area contributed by atoms with Gasteiger partial charge >= 0.3 is 6.18 Å². The van der Waals surface area contributed by atoms with Crippen molar-refractivity contribution in [3.05, 3.63) is 48.2 Å². The Morgan fingerprint density at radius 2 is 1.86 bits per heavy atom. The van der Waals surface area contributed by atoms with Crippen LogP contribution in [-0.2, 0) is 16.6 Å². The molecule has 4 rings (SSSR count). The first kappa shape index (κ1) is 33.4. The van der Waals surface area contributed by atoms with Gasteiger partial charge in [-0.3, -0.25) is 0 Å². The van der Waals surface area contributed by atoms with Gasteiger partial charge in [0.2, 0.25) is 10.0 Å². The van der Waals surface area contributed by atoms with Gasteiger partial charge in [-0.1, -0.05) is 12.0 Å². The Morgan fingerprint density at radius 1 is 1.14 bits per heavy atom. The second-order valence-electron chi connectivity index (χ2n) is 10.8. The molecule has 14 heteroatoms. The largest absolute Gasteiger partial charge is 0.495 e. The Hall–Kier alpha value is -3.48. The summed E-state index contributed by atoms with van der Waals surface area (Å²) in [4.78, 5) is 2.14. The Kier molecular flexibility index (Phi) is 10.7. The third kappa shape index (κ3) is 8.16. The number of likely N-dealkylation sites (tertiary alicyclic amines) is 1. The zero-order valence-corrected chi connectivity index (χ0v) is 25.7. The van der Waals surface area contributed by atoms with Gasteiger partial charge in [0.25, 0.3) is 0 Å². The average Bonchev–Trinajstić information content (AvgIpc) is 3.32. The number of anilines is 2. The monoisotopic (exact) mass is 637 g/mol. The first-order valence-electron chi connectivity index (χ1n) is 14.1. The lowest BCUT2D eigenvalue weighted by Crippen LogP contribution is -2.43. The molecule has 0 bridgehead atoms. The number of methoxy groups -OCH3 is 1. The van der Waals surface area contributed by atoms with Gasteiger partial charge in [0, 0.05) is 56.9 Å².